The second-order valence-corrected chi connectivity index (χ2v) is 9.82. The molecule has 4 rings (SSSR count). The molecule has 0 aliphatic carbocycles. The molecule has 3 N–H and O–H groups in total. The van der Waals surface area contributed by atoms with E-state index in [4.69, 9.17) is 16.7 Å². The van der Waals surface area contributed by atoms with Crippen molar-refractivity contribution in [2.45, 2.75) is 24.7 Å². The summed E-state index contributed by atoms with van der Waals surface area (Å²) in [7, 11) is 0. The van der Waals surface area contributed by atoms with Crippen molar-refractivity contribution in [3.8, 4) is 0 Å². The Morgan fingerprint density at radius 3 is 2.54 bits per heavy atom. The van der Waals surface area contributed by atoms with Gasteiger partial charge in [-0.25, -0.2) is 15.0 Å². The molecule has 3 amide bonds. The van der Waals surface area contributed by atoms with Gasteiger partial charge in [-0.1, -0.05) is 42.8 Å². The molecule has 1 aliphatic rings. The van der Waals surface area contributed by atoms with E-state index in [9.17, 15) is 14.4 Å². The zero-order valence-corrected chi connectivity index (χ0v) is 21.6. The van der Waals surface area contributed by atoms with E-state index in [1.54, 1.807) is 53.1 Å². The van der Waals surface area contributed by atoms with Crippen LogP contribution in [0.15, 0.2) is 76.7 Å². The van der Waals surface area contributed by atoms with Gasteiger partial charge in [0.25, 0.3) is 5.91 Å². The maximum absolute atomic E-state index is 13.1. The predicted molar refractivity (Wildman–Crippen MR) is 147 cm³/mol. The molecule has 0 saturated heterocycles. The average molecular weight is 537 g/mol. The Hall–Kier alpha value is -3.82. The first-order valence-electron chi connectivity index (χ1n) is 11.7. The molecule has 0 aromatic heterocycles. The highest BCUT2D eigenvalue weighted by molar-refractivity contribution is 7.99. The van der Waals surface area contributed by atoms with Gasteiger partial charge < -0.3 is 15.3 Å². The van der Waals surface area contributed by atoms with E-state index in [0.29, 0.717) is 22.8 Å². The second kappa shape index (κ2) is 11.9. The molecule has 0 fully saturated rings. The minimum absolute atomic E-state index is 0.171. The van der Waals surface area contributed by atoms with Crippen molar-refractivity contribution in [3.05, 3.63) is 88.4 Å². The predicted octanol–water partition coefficient (Wildman–Crippen LogP) is 5.66. The van der Waals surface area contributed by atoms with Gasteiger partial charge in [0.15, 0.2) is 5.71 Å². The summed E-state index contributed by atoms with van der Waals surface area (Å²) >= 11 is 7.71. The topological polar surface area (TPSA) is 111 Å². The first kappa shape index (κ1) is 26.2. The van der Waals surface area contributed by atoms with Gasteiger partial charge >= 0.3 is 12.0 Å². The lowest BCUT2D eigenvalue weighted by Gasteiger charge is -2.15. The highest BCUT2D eigenvalue weighted by Gasteiger charge is 2.34. The SMILES string of the molecule is CCCN1C(=O)/C(=N\NC(=O)Nc2ccccc2Cl)c2cc(SCCc3ccc(C(=O)O)cc3)ccc21. The van der Waals surface area contributed by atoms with Crippen LogP contribution in [-0.2, 0) is 11.2 Å². The Bertz CT molecular complexity index is 1360. The third kappa shape index (κ3) is 6.31. The molecule has 0 spiro atoms. The third-order valence-electron chi connectivity index (χ3n) is 5.66. The molecule has 3 aromatic rings. The van der Waals surface area contributed by atoms with Gasteiger partial charge in [0.1, 0.15) is 0 Å². The molecular weight excluding hydrogens is 512 g/mol. The number of aromatic carboxylic acids is 1. The Labute approximate surface area is 223 Å². The van der Waals surface area contributed by atoms with E-state index < -0.39 is 12.0 Å². The van der Waals surface area contributed by atoms with Crippen molar-refractivity contribution in [1.29, 1.82) is 0 Å². The molecule has 0 unspecified atom stereocenters. The monoisotopic (exact) mass is 536 g/mol. The Balaban J connectivity index is 1.47. The number of aryl methyl sites for hydroxylation is 1. The third-order valence-corrected chi connectivity index (χ3v) is 6.99. The largest absolute Gasteiger partial charge is 0.478 e. The van der Waals surface area contributed by atoms with E-state index in [1.165, 1.54) is 0 Å². The van der Waals surface area contributed by atoms with Crippen molar-refractivity contribution in [1.82, 2.24) is 5.43 Å². The van der Waals surface area contributed by atoms with Crippen LogP contribution in [0.5, 0.6) is 0 Å². The summed E-state index contributed by atoms with van der Waals surface area (Å²) in [6.07, 6.45) is 1.53. The molecule has 0 bridgehead atoms. The normalized spacial score (nSPS) is 13.5. The molecule has 10 heteroatoms. The Morgan fingerprint density at radius 2 is 1.84 bits per heavy atom. The summed E-state index contributed by atoms with van der Waals surface area (Å²) in [6.45, 7) is 2.53. The van der Waals surface area contributed by atoms with Gasteiger partial charge in [-0.05, 0) is 60.9 Å². The molecule has 0 radical (unpaired) electrons. The summed E-state index contributed by atoms with van der Waals surface area (Å²) in [6, 6.07) is 18.8. The summed E-state index contributed by atoms with van der Waals surface area (Å²) in [5.74, 6) is -0.447. The molecule has 8 nitrogen and oxygen atoms in total. The van der Waals surface area contributed by atoms with Crippen LogP contribution < -0.4 is 15.6 Å². The number of amides is 3. The molecular formula is C27H25ClN4O4S. The van der Waals surface area contributed by atoms with E-state index in [-0.39, 0.29) is 17.2 Å². The van der Waals surface area contributed by atoms with Crippen molar-refractivity contribution < 1.29 is 19.5 Å². The quantitative estimate of drug-likeness (QED) is 0.241. The van der Waals surface area contributed by atoms with E-state index in [1.807, 2.05) is 37.3 Å². The van der Waals surface area contributed by atoms with Crippen LogP contribution >= 0.6 is 23.4 Å². The fraction of sp³-hybridized carbons (Fsp3) is 0.185. The number of carboxylic acids is 1. The number of thioether (sulfide) groups is 1. The van der Waals surface area contributed by atoms with E-state index >= 15 is 0 Å². The number of benzene rings is 3. The van der Waals surface area contributed by atoms with E-state index in [2.05, 4.69) is 15.8 Å². The number of nitrogens with zero attached hydrogens (tertiary/aromatic N) is 2. The highest BCUT2D eigenvalue weighted by atomic mass is 35.5. The number of urea groups is 1. The minimum Gasteiger partial charge on any atom is -0.478 e. The summed E-state index contributed by atoms with van der Waals surface area (Å²) in [5.41, 5.74) is 5.74. The molecule has 190 valence electrons. The maximum Gasteiger partial charge on any atom is 0.339 e. The van der Waals surface area contributed by atoms with Crippen LogP contribution in [0.25, 0.3) is 0 Å². The highest BCUT2D eigenvalue weighted by Crippen LogP contribution is 2.33. The molecule has 37 heavy (non-hydrogen) atoms. The van der Waals surface area contributed by atoms with Gasteiger partial charge in [0.05, 0.1) is 22.0 Å². The zero-order chi connectivity index (χ0) is 26.4. The zero-order valence-electron chi connectivity index (χ0n) is 20.0. The summed E-state index contributed by atoms with van der Waals surface area (Å²) in [5, 5.41) is 16.2. The van der Waals surface area contributed by atoms with Gasteiger partial charge in [0, 0.05) is 22.8 Å². The molecule has 0 atom stereocenters. The van der Waals surface area contributed by atoms with Crippen LogP contribution in [0.3, 0.4) is 0 Å². The molecule has 3 aromatic carbocycles. The van der Waals surface area contributed by atoms with Crippen molar-refractivity contribution in [2.75, 3.05) is 22.5 Å². The lowest BCUT2D eigenvalue weighted by molar-refractivity contribution is -0.112. The number of hydrogen-bond acceptors (Lipinski definition) is 5. The maximum atomic E-state index is 13.1. The summed E-state index contributed by atoms with van der Waals surface area (Å²) < 4.78 is 0. The van der Waals surface area contributed by atoms with Gasteiger partial charge in [-0.15, -0.1) is 11.8 Å². The smallest absolute Gasteiger partial charge is 0.339 e. The Kier molecular flexibility index (Phi) is 8.47. The molecule has 1 heterocycles. The van der Waals surface area contributed by atoms with Crippen LogP contribution in [-0.4, -0.2) is 41.0 Å². The van der Waals surface area contributed by atoms with E-state index in [0.717, 1.165) is 34.7 Å². The van der Waals surface area contributed by atoms with Crippen LogP contribution in [0.1, 0.15) is 34.8 Å². The van der Waals surface area contributed by atoms with Crippen molar-refractivity contribution in [2.24, 2.45) is 5.10 Å². The first-order chi connectivity index (χ1) is 17.9. The molecule has 0 saturated carbocycles. The number of carbonyl (C=O) groups is 3. The fourth-order valence-corrected chi connectivity index (χ4v) is 4.98. The lowest BCUT2D eigenvalue weighted by Crippen LogP contribution is -2.33. The minimum atomic E-state index is -0.945. The number of carbonyl (C=O) groups excluding carboxylic acids is 2. The Morgan fingerprint density at radius 1 is 1.08 bits per heavy atom. The second-order valence-electron chi connectivity index (χ2n) is 8.24. The van der Waals surface area contributed by atoms with Gasteiger partial charge in [0.2, 0.25) is 0 Å². The fourth-order valence-electron chi connectivity index (χ4n) is 3.86. The number of rotatable bonds is 9. The van der Waals surface area contributed by atoms with Crippen LogP contribution in [0.2, 0.25) is 5.02 Å². The standard InChI is InChI=1S/C27H25ClN4O4S/c1-2-14-32-23-12-11-19(37-15-13-17-7-9-18(10-8-17)26(34)35)16-20(23)24(25(32)33)30-31-27(36)29-22-6-4-3-5-21(22)28/h3-12,16H,2,13-15H2,1H3,(H,34,35)(H2,29,31,36)/b30-24-. The number of anilines is 2. The van der Waals surface area contributed by atoms with Crippen LogP contribution in [0.4, 0.5) is 16.2 Å². The molecule has 1 aliphatic heterocycles. The number of fused-ring (bicyclic) bond motifs is 1. The number of nitrogens with one attached hydrogen (secondary N) is 2. The van der Waals surface area contributed by atoms with Gasteiger partial charge in [-0.3, -0.25) is 4.79 Å². The average Bonchev–Trinajstić information content (AvgIpc) is 3.14. The number of para-hydroxylation sites is 1. The number of halogens is 1. The number of carboxylic acid groups (broad SMARTS) is 1. The summed E-state index contributed by atoms with van der Waals surface area (Å²) in [4.78, 5) is 39.2. The first-order valence-corrected chi connectivity index (χ1v) is 13.0. The number of hydrogen-bond donors (Lipinski definition) is 3. The van der Waals surface area contributed by atoms with Crippen molar-refractivity contribution in [3.63, 3.8) is 0 Å². The van der Waals surface area contributed by atoms with Gasteiger partial charge in [-0.2, -0.15) is 5.10 Å². The van der Waals surface area contributed by atoms with Crippen molar-refractivity contribution >= 4 is 58.4 Å². The number of hydrazone groups is 1. The van der Waals surface area contributed by atoms with Crippen LogP contribution in [0, 0.1) is 0 Å². The lowest BCUT2D eigenvalue weighted by atomic mass is 10.1.